The second kappa shape index (κ2) is 8.10. The summed E-state index contributed by atoms with van der Waals surface area (Å²) in [6.45, 7) is 4.12. The van der Waals surface area contributed by atoms with Crippen molar-refractivity contribution in [3.05, 3.63) is 28.3 Å². The molecule has 3 N–H and O–H groups in total. The number of hydrogen-bond acceptors (Lipinski definition) is 4. The van der Waals surface area contributed by atoms with E-state index in [-0.39, 0.29) is 23.4 Å². The molecule has 1 amide bonds. The third kappa shape index (κ3) is 4.44. The van der Waals surface area contributed by atoms with Crippen LogP contribution in [0.2, 0.25) is 0 Å². The van der Waals surface area contributed by atoms with E-state index in [0.717, 1.165) is 6.42 Å². The van der Waals surface area contributed by atoms with E-state index in [1.54, 1.807) is 0 Å². The van der Waals surface area contributed by atoms with E-state index in [9.17, 15) is 14.9 Å². The maximum atomic E-state index is 12.4. The number of ether oxygens (including phenoxy) is 1. The lowest BCUT2D eigenvalue weighted by Crippen LogP contribution is -2.97. The Hall–Kier alpha value is -2.15. The Kier molecular flexibility index (Phi) is 6.14. The predicted octanol–water partition coefficient (Wildman–Crippen LogP) is 2.07. The molecule has 132 valence electrons. The highest BCUT2D eigenvalue weighted by molar-refractivity contribution is 5.95. The van der Waals surface area contributed by atoms with Gasteiger partial charge in [0.05, 0.1) is 29.8 Å². The van der Waals surface area contributed by atoms with Crippen LogP contribution in [-0.4, -0.2) is 30.0 Å². The highest BCUT2D eigenvalue weighted by Crippen LogP contribution is 2.29. The summed E-state index contributed by atoms with van der Waals surface area (Å²) in [7, 11) is 1.42. The average molecular weight is 336 g/mol. The number of non-ortho nitro benzene ring substituents is 1. The topological polar surface area (TPSA) is 98.1 Å². The molecule has 3 atom stereocenters. The van der Waals surface area contributed by atoms with Gasteiger partial charge in [-0.05, 0) is 32.3 Å². The van der Waals surface area contributed by atoms with E-state index in [4.69, 9.17) is 4.74 Å². The summed E-state index contributed by atoms with van der Waals surface area (Å²) in [6, 6.07) is 4.42. The zero-order valence-electron chi connectivity index (χ0n) is 14.5. The number of nitro groups is 1. The Morgan fingerprint density at radius 1 is 1.42 bits per heavy atom. The molecule has 0 aromatic heterocycles. The van der Waals surface area contributed by atoms with Crippen LogP contribution in [0.15, 0.2) is 18.2 Å². The van der Waals surface area contributed by atoms with Gasteiger partial charge in [-0.3, -0.25) is 14.9 Å². The van der Waals surface area contributed by atoms with Gasteiger partial charge in [-0.25, -0.2) is 0 Å². The van der Waals surface area contributed by atoms with Gasteiger partial charge < -0.3 is 15.4 Å². The Balaban J connectivity index is 2.01. The van der Waals surface area contributed by atoms with Crippen LogP contribution < -0.4 is 15.4 Å². The summed E-state index contributed by atoms with van der Waals surface area (Å²) in [4.78, 5) is 22.8. The molecule has 24 heavy (non-hydrogen) atoms. The van der Waals surface area contributed by atoms with Crippen molar-refractivity contribution in [2.24, 2.45) is 5.92 Å². The Morgan fingerprint density at radius 3 is 2.75 bits per heavy atom. The molecule has 0 spiro atoms. The van der Waals surface area contributed by atoms with Crippen molar-refractivity contribution in [3.8, 4) is 5.75 Å². The van der Waals surface area contributed by atoms with Gasteiger partial charge in [0.25, 0.3) is 11.6 Å². The van der Waals surface area contributed by atoms with Crippen LogP contribution in [0.5, 0.6) is 5.75 Å². The summed E-state index contributed by atoms with van der Waals surface area (Å²) in [5.41, 5.74) is 0.380. The molecule has 7 nitrogen and oxygen atoms in total. The number of nitrogens with two attached hydrogens (primary N) is 1. The number of carbonyl (C=O) groups is 1. The van der Waals surface area contributed by atoms with Crippen molar-refractivity contribution >= 4 is 17.3 Å². The number of nitrogens with zero attached hydrogens (tertiary/aromatic N) is 1. The normalized spacial score (nSPS) is 21.8. The first kappa shape index (κ1) is 18.2. The molecular weight excluding hydrogens is 310 g/mol. The maximum Gasteiger partial charge on any atom is 0.282 e. The lowest BCUT2D eigenvalue weighted by Gasteiger charge is -2.28. The van der Waals surface area contributed by atoms with E-state index in [1.165, 1.54) is 44.6 Å². The zero-order valence-corrected chi connectivity index (χ0v) is 14.5. The van der Waals surface area contributed by atoms with E-state index in [2.05, 4.69) is 17.6 Å². The van der Waals surface area contributed by atoms with Crippen molar-refractivity contribution in [1.29, 1.82) is 0 Å². The summed E-state index contributed by atoms with van der Waals surface area (Å²) in [5, 5.41) is 15.8. The summed E-state index contributed by atoms with van der Waals surface area (Å²) < 4.78 is 5.15. The van der Waals surface area contributed by atoms with Crippen LogP contribution in [0.3, 0.4) is 0 Å². The molecule has 1 aromatic rings. The predicted molar refractivity (Wildman–Crippen MR) is 91.1 cm³/mol. The Morgan fingerprint density at radius 2 is 2.12 bits per heavy atom. The van der Waals surface area contributed by atoms with Crippen molar-refractivity contribution in [2.45, 2.75) is 51.6 Å². The number of nitro benzene ring substituents is 1. The molecule has 0 aliphatic heterocycles. The lowest BCUT2D eigenvalue weighted by molar-refractivity contribution is -0.714. The molecule has 7 heteroatoms. The molecule has 2 rings (SSSR count). The maximum absolute atomic E-state index is 12.4. The third-order valence-electron chi connectivity index (χ3n) is 4.78. The standard InChI is InChI=1S/C17H25N3O4/c1-11-6-4-5-7-14(11)18-12(2)17(21)19-15-9-8-13(20(22)23)10-16(15)24-3/h8-12,14,18H,4-7H2,1-3H3,(H,19,21)/p+1/t11-,12+,14-/m1/s1. The first-order valence-corrected chi connectivity index (χ1v) is 8.40. The Labute approximate surface area is 141 Å². The highest BCUT2D eigenvalue weighted by atomic mass is 16.6. The minimum atomic E-state index is -0.491. The van der Waals surface area contributed by atoms with Crippen LogP contribution in [0.25, 0.3) is 0 Å². The number of benzene rings is 1. The van der Waals surface area contributed by atoms with Crippen molar-refractivity contribution in [2.75, 3.05) is 12.4 Å². The number of rotatable bonds is 6. The van der Waals surface area contributed by atoms with Crippen molar-refractivity contribution in [3.63, 3.8) is 0 Å². The number of quaternary nitrogens is 1. The Bertz CT molecular complexity index is 605. The number of carbonyl (C=O) groups excluding carboxylic acids is 1. The van der Waals surface area contributed by atoms with E-state index in [0.29, 0.717) is 17.6 Å². The molecule has 1 fully saturated rings. The summed E-state index contributed by atoms with van der Waals surface area (Å²) >= 11 is 0. The number of anilines is 1. The number of nitrogens with one attached hydrogen (secondary N) is 1. The fourth-order valence-electron chi connectivity index (χ4n) is 3.23. The molecule has 0 radical (unpaired) electrons. The van der Waals surface area contributed by atoms with E-state index < -0.39 is 4.92 Å². The summed E-state index contributed by atoms with van der Waals surface area (Å²) in [6.07, 6.45) is 4.84. The monoisotopic (exact) mass is 336 g/mol. The first-order chi connectivity index (χ1) is 11.4. The van der Waals surface area contributed by atoms with Gasteiger partial charge in [0.1, 0.15) is 5.75 Å². The smallest absolute Gasteiger partial charge is 0.282 e. The third-order valence-corrected chi connectivity index (χ3v) is 4.78. The fourth-order valence-corrected chi connectivity index (χ4v) is 3.23. The SMILES string of the molecule is COc1cc([N+](=O)[O-])ccc1NC(=O)[C@H](C)[NH2+][C@@H]1CCCC[C@H]1C. The van der Waals surface area contributed by atoms with E-state index in [1.807, 2.05) is 6.92 Å². The minimum Gasteiger partial charge on any atom is -0.494 e. The van der Waals surface area contributed by atoms with Gasteiger partial charge in [-0.15, -0.1) is 0 Å². The number of methoxy groups -OCH3 is 1. The van der Waals surface area contributed by atoms with Crippen LogP contribution in [-0.2, 0) is 4.79 Å². The average Bonchev–Trinajstić information content (AvgIpc) is 2.56. The first-order valence-electron chi connectivity index (χ1n) is 8.40. The largest absolute Gasteiger partial charge is 0.494 e. The van der Waals surface area contributed by atoms with Gasteiger partial charge in [0, 0.05) is 12.0 Å². The zero-order chi connectivity index (χ0) is 17.7. The number of amides is 1. The molecule has 0 heterocycles. The quantitative estimate of drug-likeness (QED) is 0.614. The van der Waals surface area contributed by atoms with Crippen molar-refractivity contribution in [1.82, 2.24) is 0 Å². The molecule has 0 saturated heterocycles. The van der Waals surface area contributed by atoms with Crippen LogP contribution in [0.4, 0.5) is 11.4 Å². The summed E-state index contributed by atoms with van der Waals surface area (Å²) in [5.74, 6) is 0.777. The van der Waals surface area contributed by atoms with Gasteiger partial charge in [0.2, 0.25) is 0 Å². The van der Waals surface area contributed by atoms with Gasteiger partial charge in [0.15, 0.2) is 6.04 Å². The molecular formula is C17H26N3O4+. The lowest BCUT2D eigenvalue weighted by atomic mass is 9.85. The van der Waals surface area contributed by atoms with Gasteiger partial charge >= 0.3 is 0 Å². The van der Waals surface area contributed by atoms with E-state index >= 15 is 0 Å². The van der Waals surface area contributed by atoms with Gasteiger partial charge in [-0.1, -0.05) is 13.3 Å². The molecule has 1 aliphatic rings. The number of hydrogen-bond donors (Lipinski definition) is 2. The molecule has 1 saturated carbocycles. The molecule has 0 unspecified atom stereocenters. The molecule has 0 bridgehead atoms. The second-order valence-corrected chi connectivity index (χ2v) is 6.54. The second-order valence-electron chi connectivity index (χ2n) is 6.54. The van der Waals surface area contributed by atoms with Crippen LogP contribution in [0, 0.1) is 16.0 Å². The fraction of sp³-hybridized carbons (Fsp3) is 0.588. The highest BCUT2D eigenvalue weighted by Gasteiger charge is 2.29. The van der Waals surface area contributed by atoms with Crippen LogP contribution >= 0.6 is 0 Å². The molecule has 1 aromatic carbocycles. The van der Waals surface area contributed by atoms with Crippen molar-refractivity contribution < 1.29 is 19.8 Å². The van der Waals surface area contributed by atoms with Gasteiger partial charge in [-0.2, -0.15) is 0 Å². The molecule has 1 aliphatic carbocycles. The van der Waals surface area contributed by atoms with Crippen LogP contribution in [0.1, 0.15) is 39.5 Å². The minimum absolute atomic E-state index is 0.0690.